The number of carbonyl (C=O) groups is 1. The van der Waals surface area contributed by atoms with Gasteiger partial charge < -0.3 is 5.32 Å². The first-order chi connectivity index (χ1) is 8.16. The third kappa shape index (κ3) is 4.20. The minimum absolute atomic E-state index is 0.0458. The van der Waals surface area contributed by atoms with Crippen molar-refractivity contribution >= 4 is 21.8 Å². The van der Waals surface area contributed by atoms with Crippen LogP contribution in [0, 0.1) is 18.2 Å². The highest BCUT2D eigenvalue weighted by Gasteiger charge is 2.14. The Labute approximate surface area is 109 Å². The van der Waals surface area contributed by atoms with Crippen LogP contribution in [0.2, 0.25) is 0 Å². The van der Waals surface area contributed by atoms with Crippen molar-refractivity contribution in [2.45, 2.75) is 19.3 Å². The molecule has 0 fully saturated rings. The molecule has 0 aliphatic heterocycles. The van der Waals surface area contributed by atoms with Crippen LogP contribution in [0.4, 0.5) is 4.39 Å². The molecule has 2 nitrogen and oxygen atoms in total. The van der Waals surface area contributed by atoms with E-state index in [-0.39, 0.29) is 5.56 Å². The van der Waals surface area contributed by atoms with Crippen LogP contribution in [-0.4, -0.2) is 12.5 Å². The van der Waals surface area contributed by atoms with Crippen LogP contribution in [0.15, 0.2) is 22.7 Å². The van der Waals surface area contributed by atoms with Gasteiger partial charge >= 0.3 is 0 Å². The van der Waals surface area contributed by atoms with Crippen LogP contribution in [0.3, 0.4) is 0 Å². The normalized spacial score (nSPS) is 9.71. The number of hydrogen-bond donors (Lipinski definition) is 1. The van der Waals surface area contributed by atoms with E-state index < -0.39 is 11.7 Å². The van der Waals surface area contributed by atoms with Crippen molar-refractivity contribution in [1.29, 1.82) is 0 Å². The Morgan fingerprint density at radius 3 is 2.88 bits per heavy atom. The number of benzene rings is 1. The van der Waals surface area contributed by atoms with Crippen LogP contribution >= 0.6 is 15.9 Å². The number of unbranched alkanes of at least 4 members (excludes halogenated alkanes) is 2. The molecule has 1 aromatic rings. The fourth-order valence-electron chi connectivity index (χ4n) is 1.36. The average Bonchev–Trinajstić information content (AvgIpc) is 2.28. The minimum Gasteiger partial charge on any atom is -0.352 e. The quantitative estimate of drug-likeness (QED) is 0.657. The van der Waals surface area contributed by atoms with Crippen molar-refractivity contribution in [3.63, 3.8) is 0 Å². The maximum absolute atomic E-state index is 13.4. The van der Waals surface area contributed by atoms with Crippen LogP contribution in [0.5, 0.6) is 0 Å². The average molecular weight is 298 g/mol. The van der Waals surface area contributed by atoms with Crippen molar-refractivity contribution < 1.29 is 9.18 Å². The van der Waals surface area contributed by atoms with E-state index in [1.54, 1.807) is 12.1 Å². The van der Waals surface area contributed by atoms with E-state index >= 15 is 0 Å². The van der Waals surface area contributed by atoms with Gasteiger partial charge in [-0.3, -0.25) is 4.79 Å². The summed E-state index contributed by atoms with van der Waals surface area (Å²) in [6, 6.07) is 4.44. The fourth-order valence-corrected chi connectivity index (χ4v) is 1.88. The number of carbonyl (C=O) groups excluding carboxylic acids is 1. The molecule has 0 heterocycles. The molecule has 4 heteroatoms. The van der Waals surface area contributed by atoms with E-state index in [0.717, 1.165) is 12.8 Å². The maximum atomic E-state index is 13.4. The molecule has 17 heavy (non-hydrogen) atoms. The van der Waals surface area contributed by atoms with Crippen LogP contribution < -0.4 is 5.32 Å². The van der Waals surface area contributed by atoms with Crippen LogP contribution in [-0.2, 0) is 0 Å². The van der Waals surface area contributed by atoms with Crippen molar-refractivity contribution in [3.05, 3.63) is 34.1 Å². The van der Waals surface area contributed by atoms with E-state index in [2.05, 4.69) is 27.2 Å². The van der Waals surface area contributed by atoms with Gasteiger partial charge in [0.2, 0.25) is 0 Å². The summed E-state index contributed by atoms with van der Waals surface area (Å²) in [4.78, 5) is 11.7. The molecule has 0 aliphatic rings. The van der Waals surface area contributed by atoms with Crippen LogP contribution in [0.1, 0.15) is 29.6 Å². The van der Waals surface area contributed by atoms with Gasteiger partial charge in [0.05, 0.1) is 5.56 Å². The molecule has 1 amide bonds. The van der Waals surface area contributed by atoms with Gasteiger partial charge in [-0.05, 0) is 40.9 Å². The van der Waals surface area contributed by atoms with Crippen LogP contribution in [0.25, 0.3) is 0 Å². The molecule has 90 valence electrons. The summed E-state index contributed by atoms with van der Waals surface area (Å²) in [5, 5.41) is 2.66. The zero-order valence-electron chi connectivity index (χ0n) is 9.30. The minimum atomic E-state index is -0.527. The molecule has 0 bridgehead atoms. The molecule has 0 spiro atoms. The Kier molecular flexibility index (Phi) is 5.71. The van der Waals surface area contributed by atoms with Crippen molar-refractivity contribution in [2.75, 3.05) is 6.54 Å². The monoisotopic (exact) mass is 297 g/mol. The lowest BCUT2D eigenvalue weighted by Crippen LogP contribution is -2.25. The SMILES string of the molecule is C#CCCCCNC(=O)c1c(F)cccc1Br. The first-order valence-corrected chi connectivity index (χ1v) is 6.11. The summed E-state index contributed by atoms with van der Waals surface area (Å²) >= 11 is 3.15. The van der Waals surface area contributed by atoms with Gasteiger partial charge in [-0.15, -0.1) is 12.3 Å². The Balaban J connectivity index is 2.51. The maximum Gasteiger partial charge on any atom is 0.255 e. The predicted octanol–water partition coefficient (Wildman–Crippen LogP) is 3.12. The van der Waals surface area contributed by atoms with Gasteiger partial charge in [0.25, 0.3) is 5.91 Å². The molecule has 1 rings (SSSR count). The van der Waals surface area contributed by atoms with Gasteiger partial charge in [-0.25, -0.2) is 4.39 Å². The Hall–Kier alpha value is -1.34. The topological polar surface area (TPSA) is 29.1 Å². The van der Waals surface area contributed by atoms with Gasteiger partial charge in [0, 0.05) is 17.4 Å². The lowest BCUT2D eigenvalue weighted by molar-refractivity contribution is 0.0948. The van der Waals surface area contributed by atoms with E-state index in [0.29, 0.717) is 17.4 Å². The van der Waals surface area contributed by atoms with Gasteiger partial charge in [-0.1, -0.05) is 6.07 Å². The highest BCUT2D eigenvalue weighted by Crippen LogP contribution is 2.19. The highest BCUT2D eigenvalue weighted by molar-refractivity contribution is 9.10. The third-order valence-corrected chi connectivity index (χ3v) is 2.88. The fraction of sp³-hybridized carbons (Fsp3) is 0.308. The third-order valence-electron chi connectivity index (χ3n) is 2.22. The van der Waals surface area contributed by atoms with E-state index in [1.165, 1.54) is 6.07 Å². The first-order valence-electron chi connectivity index (χ1n) is 5.32. The number of amides is 1. The number of terminal acetylenes is 1. The second-order valence-electron chi connectivity index (χ2n) is 3.51. The Morgan fingerprint density at radius 1 is 1.47 bits per heavy atom. The molecule has 0 aromatic heterocycles. The second kappa shape index (κ2) is 7.08. The summed E-state index contributed by atoms with van der Waals surface area (Å²) in [7, 11) is 0. The zero-order valence-corrected chi connectivity index (χ0v) is 10.9. The van der Waals surface area contributed by atoms with Crippen molar-refractivity contribution in [3.8, 4) is 12.3 Å². The molecule has 0 aliphatic carbocycles. The first kappa shape index (κ1) is 13.7. The lowest BCUT2D eigenvalue weighted by atomic mass is 10.2. The Bertz CT molecular complexity index is 419. The summed E-state index contributed by atoms with van der Waals surface area (Å²) in [6.45, 7) is 0.501. The highest BCUT2D eigenvalue weighted by atomic mass is 79.9. The van der Waals surface area contributed by atoms with E-state index in [4.69, 9.17) is 6.42 Å². The molecule has 0 saturated carbocycles. The molecule has 1 aromatic carbocycles. The lowest BCUT2D eigenvalue weighted by Gasteiger charge is -2.07. The Morgan fingerprint density at radius 2 is 2.24 bits per heavy atom. The molecule has 0 radical (unpaired) electrons. The summed E-state index contributed by atoms with van der Waals surface area (Å²) in [5.74, 6) is 1.59. The van der Waals surface area contributed by atoms with E-state index in [1.807, 2.05) is 0 Å². The van der Waals surface area contributed by atoms with Crippen molar-refractivity contribution in [2.24, 2.45) is 0 Å². The number of halogens is 2. The molecule has 0 unspecified atom stereocenters. The van der Waals surface area contributed by atoms with Gasteiger partial charge in [-0.2, -0.15) is 0 Å². The second-order valence-corrected chi connectivity index (χ2v) is 4.37. The molecule has 1 N–H and O–H groups in total. The number of nitrogens with one attached hydrogen (secondary N) is 1. The summed E-state index contributed by atoms with van der Waals surface area (Å²) in [5.41, 5.74) is 0.0458. The number of hydrogen-bond acceptors (Lipinski definition) is 1. The molecule has 0 saturated heterocycles. The van der Waals surface area contributed by atoms with Crippen molar-refractivity contribution in [1.82, 2.24) is 5.32 Å². The smallest absolute Gasteiger partial charge is 0.255 e. The van der Waals surface area contributed by atoms with Gasteiger partial charge in [0.15, 0.2) is 0 Å². The summed E-state index contributed by atoms with van der Waals surface area (Å²) in [6.07, 6.45) is 7.45. The number of rotatable bonds is 5. The van der Waals surface area contributed by atoms with Gasteiger partial charge in [0.1, 0.15) is 5.82 Å². The summed E-state index contributed by atoms with van der Waals surface area (Å²) < 4.78 is 13.9. The largest absolute Gasteiger partial charge is 0.352 e. The van der Waals surface area contributed by atoms with E-state index in [9.17, 15) is 9.18 Å². The zero-order chi connectivity index (χ0) is 12.7. The molecular weight excluding hydrogens is 285 g/mol. The standard InChI is InChI=1S/C13H13BrFNO/c1-2-3-4-5-9-16-13(17)12-10(14)7-6-8-11(12)15/h1,6-8H,3-5,9H2,(H,16,17). The molecule has 0 atom stereocenters. The molecular formula is C13H13BrFNO. The predicted molar refractivity (Wildman–Crippen MR) is 69.1 cm³/mol.